The Kier molecular flexibility index (Phi) is 8.42. The number of carbonyl (C=O) groups is 1. The molecular formula is C23H36N2O3S. The molecule has 2 aliphatic rings. The topological polar surface area (TPSA) is 42.0 Å². The van der Waals surface area contributed by atoms with Crippen molar-refractivity contribution in [1.82, 2.24) is 9.80 Å². The number of hydrogen-bond acceptors (Lipinski definition) is 5. The summed E-state index contributed by atoms with van der Waals surface area (Å²) in [5, 5.41) is 0.547. The molecule has 29 heavy (non-hydrogen) atoms. The lowest BCUT2D eigenvalue weighted by Crippen LogP contribution is -2.47. The Morgan fingerprint density at radius 3 is 2.34 bits per heavy atom. The van der Waals surface area contributed by atoms with E-state index in [2.05, 4.69) is 44.7 Å². The quantitative estimate of drug-likeness (QED) is 0.626. The number of rotatable bonds is 7. The maximum absolute atomic E-state index is 12.8. The summed E-state index contributed by atoms with van der Waals surface area (Å²) in [6.45, 7) is 13.8. The SMILES string of the molecule is CC(C)Sc1ccc(C(=O)N2CCC(OCCN3C[C@@H](C)O[C@@H](C)C3)CC2)cc1. The Balaban J connectivity index is 1.38. The molecular weight excluding hydrogens is 384 g/mol. The van der Waals surface area contributed by atoms with Gasteiger partial charge in [0.25, 0.3) is 5.91 Å². The average Bonchev–Trinajstić information content (AvgIpc) is 2.67. The normalized spacial score (nSPS) is 24.2. The van der Waals surface area contributed by atoms with Crippen molar-refractivity contribution in [3.8, 4) is 0 Å². The summed E-state index contributed by atoms with van der Waals surface area (Å²) in [5.41, 5.74) is 0.785. The first-order chi connectivity index (χ1) is 13.9. The number of piperidine rings is 1. The molecule has 2 heterocycles. The standard InChI is InChI=1S/C23H36N2O3S/c1-17(2)29-22-7-5-20(6-8-22)23(26)25-11-9-21(10-12-25)27-14-13-24-15-18(3)28-19(4)16-24/h5-8,17-19,21H,9-16H2,1-4H3/t18-,19+. The number of ether oxygens (including phenoxy) is 2. The monoisotopic (exact) mass is 420 g/mol. The molecule has 1 aromatic carbocycles. The van der Waals surface area contributed by atoms with Gasteiger partial charge in [-0.15, -0.1) is 11.8 Å². The van der Waals surface area contributed by atoms with Crippen LogP contribution in [0.5, 0.6) is 0 Å². The van der Waals surface area contributed by atoms with Crippen molar-refractivity contribution >= 4 is 17.7 Å². The van der Waals surface area contributed by atoms with E-state index in [4.69, 9.17) is 9.47 Å². The predicted molar refractivity (Wildman–Crippen MR) is 119 cm³/mol. The molecule has 0 unspecified atom stereocenters. The van der Waals surface area contributed by atoms with Crippen molar-refractivity contribution in [2.75, 3.05) is 39.3 Å². The fraction of sp³-hybridized carbons (Fsp3) is 0.696. The molecule has 1 amide bonds. The molecule has 2 aliphatic heterocycles. The largest absolute Gasteiger partial charge is 0.377 e. The predicted octanol–water partition coefficient (Wildman–Crippen LogP) is 3.92. The first kappa shape index (κ1) is 22.6. The molecule has 0 spiro atoms. The van der Waals surface area contributed by atoms with Crippen LogP contribution in [-0.4, -0.2) is 78.6 Å². The highest BCUT2D eigenvalue weighted by Gasteiger charge is 2.25. The van der Waals surface area contributed by atoms with Gasteiger partial charge in [0.1, 0.15) is 0 Å². The van der Waals surface area contributed by atoms with Gasteiger partial charge in [-0.2, -0.15) is 0 Å². The van der Waals surface area contributed by atoms with Crippen molar-refractivity contribution in [3.63, 3.8) is 0 Å². The number of thioether (sulfide) groups is 1. The smallest absolute Gasteiger partial charge is 0.253 e. The molecule has 0 bridgehead atoms. The molecule has 5 nitrogen and oxygen atoms in total. The summed E-state index contributed by atoms with van der Waals surface area (Å²) in [6.07, 6.45) is 2.70. The van der Waals surface area contributed by atoms with Gasteiger partial charge in [-0.05, 0) is 51.0 Å². The van der Waals surface area contributed by atoms with E-state index in [0.29, 0.717) is 17.5 Å². The Labute approximate surface area is 180 Å². The number of carbonyl (C=O) groups excluding carboxylic acids is 1. The van der Waals surface area contributed by atoms with Crippen LogP contribution in [0.25, 0.3) is 0 Å². The number of amides is 1. The van der Waals surface area contributed by atoms with Crippen LogP contribution in [0, 0.1) is 0 Å². The Hall–Kier alpha value is -1.08. The van der Waals surface area contributed by atoms with E-state index in [1.807, 2.05) is 28.8 Å². The van der Waals surface area contributed by atoms with Crippen molar-refractivity contribution in [1.29, 1.82) is 0 Å². The van der Waals surface area contributed by atoms with Gasteiger partial charge < -0.3 is 14.4 Å². The van der Waals surface area contributed by atoms with Crippen molar-refractivity contribution < 1.29 is 14.3 Å². The summed E-state index contributed by atoms with van der Waals surface area (Å²) in [5.74, 6) is 0.140. The molecule has 0 N–H and O–H groups in total. The van der Waals surface area contributed by atoms with E-state index in [1.165, 1.54) is 4.90 Å². The highest BCUT2D eigenvalue weighted by Crippen LogP contribution is 2.24. The first-order valence-corrected chi connectivity index (χ1v) is 11.8. The van der Waals surface area contributed by atoms with Crippen LogP contribution in [0.2, 0.25) is 0 Å². The molecule has 2 saturated heterocycles. The second-order valence-corrected chi connectivity index (χ2v) is 10.2. The molecule has 0 saturated carbocycles. The molecule has 2 fully saturated rings. The maximum atomic E-state index is 12.8. The zero-order valence-corrected chi connectivity index (χ0v) is 19.1. The van der Waals surface area contributed by atoms with E-state index < -0.39 is 0 Å². The Bertz CT molecular complexity index is 634. The minimum atomic E-state index is 0.140. The summed E-state index contributed by atoms with van der Waals surface area (Å²) < 4.78 is 11.9. The Morgan fingerprint density at radius 2 is 1.76 bits per heavy atom. The number of morpholine rings is 1. The lowest BCUT2D eigenvalue weighted by Gasteiger charge is -2.36. The van der Waals surface area contributed by atoms with Gasteiger partial charge in [0.05, 0.1) is 24.9 Å². The van der Waals surface area contributed by atoms with Crippen molar-refractivity contribution in [2.45, 2.75) is 69.0 Å². The van der Waals surface area contributed by atoms with E-state index in [1.54, 1.807) is 0 Å². The molecule has 162 valence electrons. The van der Waals surface area contributed by atoms with Gasteiger partial charge in [0.15, 0.2) is 0 Å². The van der Waals surface area contributed by atoms with Crippen LogP contribution in [0.1, 0.15) is 50.9 Å². The summed E-state index contributed by atoms with van der Waals surface area (Å²) in [7, 11) is 0. The van der Waals surface area contributed by atoms with Gasteiger partial charge in [-0.1, -0.05) is 13.8 Å². The van der Waals surface area contributed by atoms with Crippen LogP contribution in [-0.2, 0) is 9.47 Å². The number of likely N-dealkylation sites (tertiary alicyclic amines) is 1. The first-order valence-electron chi connectivity index (χ1n) is 11.0. The van der Waals surface area contributed by atoms with E-state index in [0.717, 1.165) is 57.7 Å². The molecule has 2 atom stereocenters. The van der Waals surface area contributed by atoms with Gasteiger partial charge >= 0.3 is 0 Å². The second kappa shape index (κ2) is 10.8. The van der Waals surface area contributed by atoms with E-state index in [9.17, 15) is 4.79 Å². The molecule has 0 aromatic heterocycles. The molecule has 0 aliphatic carbocycles. The number of benzene rings is 1. The van der Waals surface area contributed by atoms with Crippen LogP contribution in [0.3, 0.4) is 0 Å². The zero-order chi connectivity index (χ0) is 20.8. The maximum Gasteiger partial charge on any atom is 0.253 e. The van der Waals surface area contributed by atoms with Gasteiger partial charge in [-0.25, -0.2) is 0 Å². The third kappa shape index (κ3) is 6.99. The lowest BCUT2D eigenvalue weighted by molar-refractivity contribution is -0.0780. The Morgan fingerprint density at radius 1 is 1.14 bits per heavy atom. The fourth-order valence-electron chi connectivity index (χ4n) is 4.17. The minimum absolute atomic E-state index is 0.140. The van der Waals surface area contributed by atoms with Crippen molar-refractivity contribution in [2.24, 2.45) is 0 Å². The van der Waals surface area contributed by atoms with Gasteiger partial charge in [0.2, 0.25) is 0 Å². The highest BCUT2D eigenvalue weighted by molar-refractivity contribution is 7.99. The second-order valence-electron chi connectivity index (χ2n) is 8.57. The average molecular weight is 421 g/mol. The van der Waals surface area contributed by atoms with Crippen LogP contribution >= 0.6 is 11.8 Å². The minimum Gasteiger partial charge on any atom is -0.377 e. The third-order valence-electron chi connectivity index (χ3n) is 5.46. The van der Waals surface area contributed by atoms with E-state index in [-0.39, 0.29) is 12.0 Å². The van der Waals surface area contributed by atoms with Crippen molar-refractivity contribution in [3.05, 3.63) is 29.8 Å². The molecule has 0 radical (unpaired) electrons. The number of nitrogens with zero attached hydrogens (tertiary/aromatic N) is 2. The highest BCUT2D eigenvalue weighted by atomic mass is 32.2. The lowest BCUT2D eigenvalue weighted by atomic mass is 10.1. The molecule has 1 aromatic rings. The van der Waals surface area contributed by atoms with E-state index >= 15 is 0 Å². The summed E-state index contributed by atoms with van der Waals surface area (Å²) in [6, 6.07) is 8.03. The third-order valence-corrected chi connectivity index (χ3v) is 6.47. The summed E-state index contributed by atoms with van der Waals surface area (Å²) in [4.78, 5) is 18.4. The van der Waals surface area contributed by atoms with Gasteiger partial charge in [-0.3, -0.25) is 9.69 Å². The fourth-order valence-corrected chi connectivity index (χ4v) is 5.01. The van der Waals surface area contributed by atoms with Crippen LogP contribution < -0.4 is 0 Å². The van der Waals surface area contributed by atoms with Crippen LogP contribution in [0.4, 0.5) is 0 Å². The van der Waals surface area contributed by atoms with Crippen LogP contribution in [0.15, 0.2) is 29.2 Å². The molecule has 6 heteroatoms. The summed E-state index contributed by atoms with van der Waals surface area (Å²) >= 11 is 1.82. The van der Waals surface area contributed by atoms with Gasteiger partial charge in [0, 0.05) is 48.4 Å². The zero-order valence-electron chi connectivity index (χ0n) is 18.3. The number of hydrogen-bond donors (Lipinski definition) is 0. The molecule has 3 rings (SSSR count).